The van der Waals surface area contributed by atoms with Crippen LogP contribution in [0.1, 0.15) is 29.5 Å². The standard InChI is InChI=1S/C16H20N4O2.ClH/c1-10-9-17-8-7-14(10)19-15(21)12-5-3-4-6-13(12)16-18-11(2)20-22-16;/h3-6,10,14,17H,7-9H2,1-2H3,(H,19,21);1H. The number of nitrogens with zero attached hydrogens (tertiary/aromatic N) is 2. The molecule has 0 aliphatic carbocycles. The van der Waals surface area contributed by atoms with Crippen LogP contribution in [0.2, 0.25) is 0 Å². The minimum atomic E-state index is -0.0924. The second kappa shape index (κ2) is 7.57. The molecule has 0 radical (unpaired) electrons. The first-order valence-electron chi connectivity index (χ1n) is 7.56. The van der Waals surface area contributed by atoms with Gasteiger partial charge in [0.25, 0.3) is 11.8 Å². The number of nitrogens with one attached hydrogen (secondary N) is 2. The number of hydrogen-bond acceptors (Lipinski definition) is 5. The molecular formula is C16H21ClN4O2. The molecule has 3 rings (SSSR count). The molecule has 1 saturated heterocycles. The molecular weight excluding hydrogens is 316 g/mol. The Hall–Kier alpha value is -1.92. The fourth-order valence-electron chi connectivity index (χ4n) is 2.75. The number of benzene rings is 1. The van der Waals surface area contributed by atoms with Crippen LogP contribution in [0.25, 0.3) is 11.5 Å². The van der Waals surface area contributed by atoms with Gasteiger partial charge in [0.2, 0.25) is 0 Å². The van der Waals surface area contributed by atoms with Gasteiger partial charge in [0.15, 0.2) is 5.82 Å². The van der Waals surface area contributed by atoms with Crippen LogP contribution in [-0.4, -0.2) is 35.2 Å². The van der Waals surface area contributed by atoms with Crippen LogP contribution in [0, 0.1) is 12.8 Å². The van der Waals surface area contributed by atoms with Crippen LogP contribution in [0.3, 0.4) is 0 Å². The fraction of sp³-hybridized carbons (Fsp3) is 0.438. The smallest absolute Gasteiger partial charge is 0.258 e. The third kappa shape index (κ3) is 3.89. The topological polar surface area (TPSA) is 80.0 Å². The molecule has 6 nitrogen and oxygen atoms in total. The van der Waals surface area contributed by atoms with Gasteiger partial charge in [0.05, 0.1) is 11.1 Å². The lowest BCUT2D eigenvalue weighted by molar-refractivity contribution is 0.0914. The molecule has 1 aliphatic rings. The maximum Gasteiger partial charge on any atom is 0.258 e. The highest BCUT2D eigenvalue weighted by Crippen LogP contribution is 2.22. The van der Waals surface area contributed by atoms with E-state index in [9.17, 15) is 4.79 Å². The third-order valence-corrected chi connectivity index (χ3v) is 4.03. The summed E-state index contributed by atoms with van der Waals surface area (Å²) in [5.41, 5.74) is 1.24. The van der Waals surface area contributed by atoms with E-state index in [1.54, 1.807) is 13.0 Å². The Bertz CT molecular complexity index is 674. The molecule has 2 heterocycles. The Labute approximate surface area is 141 Å². The van der Waals surface area contributed by atoms with Gasteiger partial charge in [-0.3, -0.25) is 4.79 Å². The number of aryl methyl sites for hydroxylation is 1. The Kier molecular flexibility index (Phi) is 5.74. The van der Waals surface area contributed by atoms with Crippen molar-refractivity contribution in [1.82, 2.24) is 20.8 Å². The number of carbonyl (C=O) groups excluding carboxylic acids is 1. The summed E-state index contributed by atoms with van der Waals surface area (Å²) in [6.07, 6.45) is 0.939. The van der Waals surface area contributed by atoms with Gasteiger partial charge in [0, 0.05) is 6.04 Å². The average molecular weight is 337 g/mol. The minimum absolute atomic E-state index is 0. The van der Waals surface area contributed by atoms with Crippen molar-refractivity contribution in [3.8, 4) is 11.5 Å². The van der Waals surface area contributed by atoms with E-state index in [4.69, 9.17) is 4.52 Å². The largest absolute Gasteiger partial charge is 0.349 e. The van der Waals surface area contributed by atoms with E-state index in [1.165, 1.54) is 0 Å². The molecule has 7 heteroatoms. The van der Waals surface area contributed by atoms with E-state index in [0.29, 0.717) is 28.8 Å². The van der Waals surface area contributed by atoms with Gasteiger partial charge in [0.1, 0.15) is 0 Å². The zero-order valence-electron chi connectivity index (χ0n) is 13.2. The number of amides is 1. The van der Waals surface area contributed by atoms with Crippen molar-refractivity contribution in [2.45, 2.75) is 26.3 Å². The van der Waals surface area contributed by atoms with Crippen LogP contribution >= 0.6 is 12.4 Å². The van der Waals surface area contributed by atoms with Gasteiger partial charge in [-0.15, -0.1) is 12.4 Å². The number of hydrogen-bond donors (Lipinski definition) is 2. The minimum Gasteiger partial charge on any atom is -0.349 e. The lowest BCUT2D eigenvalue weighted by Gasteiger charge is -2.30. The van der Waals surface area contributed by atoms with E-state index in [2.05, 4.69) is 27.7 Å². The van der Waals surface area contributed by atoms with Crippen LogP contribution < -0.4 is 10.6 Å². The first kappa shape index (κ1) is 17.4. The zero-order chi connectivity index (χ0) is 15.5. The number of halogens is 1. The van der Waals surface area contributed by atoms with Crippen LogP contribution in [0.5, 0.6) is 0 Å². The molecule has 1 fully saturated rings. The Morgan fingerprint density at radius 3 is 2.87 bits per heavy atom. The van der Waals surface area contributed by atoms with Crippen LogP contribution in [0.4, 0.5) is 0 Å². The SMILES string of the molecule is Cc1noc(-c2ccccc2C(=O)NC2CCNCC2C)n1.Cl. The average Bonchev–Trinajstić information content (AvgIpc) is 2.96. The van der Waals surface area contributed by atoms with E-state index in [-0.39, 0.29) is 24.4 Å². The summed E-state index contributed by atoms with van der Waals surface area (Å²) in [6, 6.07) is 7.50. The summed E-state index contributed by atoms with van der Waals surface area (Å²) in [6.45, 7) is 5.76. The van der Waals surface area contributed by atoms with Crippen molar-refractivity contribution < 1.29 is 9.32 Å². The molecule has 1 aromatic carbocycles. The van der Waals surface area contributed by atoms with Crippen molar-refractivity contribution in [2.24, 2.45) is 5.92 Å². The molecule has 2 unspecified atom stereocenters. The molecule has 2 aromatic rings. The molecule has 0 bridgehead atoms. The van der Waals surface area contributed by atoms with Gasteiger partial charge in [-0.2, -0.15) is 4.98 Å². The van der Waals surface area contributed by atoms with Crippen LogP contribution in [-0.2, 0) is 0 Å². The normalized spacial score (nSPS) is 20.6. The predicted octanol–water partition coefficient (Wildman–Crippen LogP) is 2.19. The van der Waals surface area contributed by atoms with Crippen molar-refractivity contribution in [2.75, 3.05) is 13.1 Å². The molecule has 1 aromatic heterocycles. The fourth-order valence-corrected chi connectivity index (χ4v) is 2.75. The predicted molar refractivity (Wildman–Crippen MR) is 89.6 cm³/mol. The molecule has 1 aliphatic heterocycles. The Balaban J connectivity index is 0.00000192. The van der Waals surface area contributed by atoms with Gasteiger partial charge >= 0.3 is 0 Å². The first-order chi connectivity index (χ1) is 10.6. The van der Waals surface area contributed by atoms with Crippen molar-refractivity contribution in [3.63, 3.8) is 0 Å². The summed E-state index contributed by atoms with van der Waals surface area (Å²) < 4.78 is 5.20. The molecule has 2 N–H and O–H groups in total. The maximum atomic E-state index is 12.6. The number of carbonyl (C=O) groups is 1. The van der Waals surface area contributed by atoms with E-state index in [1.807, 2.05) is 18.2 Å². The lowest BCUT2D eigenvalue weighted by atomic mass is 9.94. The van der Waals surface area contributed by atoms with Crippen molar-refractivity contribution >= 4 is 18.3 Å². The highest BCUT2D eigenvalue weighted by molar-refractivity contribution is 6.00. The van der Waals surface area contributed by atoms with Gasteiger partial charge in [-0.1, -0.05) is 24.2 Å². The second-order valence-corrected chi connectivity index (χ2v) is 5.74. The summed E-state index contributed by atoms with van der Waals surface area (Å²) in [7, 11) is 0. The highest BCUT2D eigenvalue weighted by atomic mass is 35.5. The van der Waals surface area contributed by atoms with Gasteiger partial charge in [-0.05, 0) is 44.5 Å². The van der Waals surface area contributed by atoms with E-state index < -0.39 is 0 Å². The number of piperidine rings is 1. The number of aromatic nitrogens is 2. The second-order valence-electron chi connectivity index (χ2n) is 5.74. The highest BCUT2D eigenvalue weighted by Gasteiger charge is 2.24. The van der Waals surface area contributed by atoms with Gasteiger partial charge in [-0.25, -0.2) is 0 Å². The molecule has 2 atom stereocenters. The summed E-state index contributed by atoms with van der Waals surface area (Å²) >= 11 is 0. The zero-order valence-corrected chi connectivity index (χ0v) is 14.0. The quantitative estimate of drug-likeness (QED) is 0.898. The third-order valence-electron chi connectivity index (χ3n) is 4.03. The van der Waals surface area contributed by atoms with Crippen LogP contribution in [0.15, 0.2) is 28.8 Å². The number of rotatable bonds is 3. The molecule has 124 valence electrons. The van der Waals surface area contributed by atoms with Gasteiger partial charge < -0.3 is 15.2 Å². The van der Waals surface area contributed by atoms with Crippen molar-refractivity contribution in [3.05, 3.63) is 35.7 Å². The molecule has 23 heavy (non-hydrogen) atoms. The monoisotopic (exact) mass is 336 g/mol. The summed E-state index contributed by atoms with van der Waals surface area (Å²) in [5, 5.41) is 10.3. The Morgan fingerprint density at radius 1 is 1.39 bits per heavy atom. The maximum absolute atomic E-state index is 12.6. The Morgan fingerprint density at radius 2 is 2.17 bits per heavy atom. The van der Waals surface area contributed by atoms with E-state index in [0.717, 1.165) is 19.5 Å². The van der Waals surface area contributed by atoms with E-state index >= 15 is 0 Å². The summed E-state index contributed by atoms with van der Waals surface area (Å²) in [4.78, 5) is 16.9. The summed E-state index contributed by atoms with van der Waals surface area (Å²) in [5.74, 6) is 1.25. The molecule has 0 spiro atoms. The first-order valence-corrected chi connectivity index (χ1v) is 7.56. The molecule has 0 saturated carbocycles. The van der Waals surface area contributed by atoms with Crippen molar-refractivity contribution in [1.29, 1.82) is 0 Å². The molecule has 1 amide bonds. The lowest BCUT2D eigenvalue weighted by Crippen LogP contribution is -2.48.